The predicted octanol–water partition coefficient (Wildman–Crippen LogP) is 3.90. The van der Waals surface area contributed by atoms with Gasteiger partial charge >= 0.3 is 0 Å². The first kappa shape index (κ1) is 20.3. The summed E-state index contributed by atoms with van der Waals surface area (Å²) in [5.74, 6) is -0.792. The Labute approximate surface area is 169 Å². The van der Waals surface area contributed by atoms with Gasteiger partial charge in [0.2, 0.25) is 0 Å². The smallest absolute Gasteiger partial charge is 0.257 e. The number of rotatable bonds is 5. The number of amides is 2. The highest BCUT2D eigenvalue weighted by atomic mass is 32.2. The van der Waals surface area contributed by atoms with E-state index in [9.17, 15) is 18.0 Å². The minimum absolute atomic E-state index is 0.131. The molecule has 0 aliphatic carbocycles. The molecule has 0 atom stereocenters. The van der Waals surface area contributed by atoms with E-state index in [2.05, 4.69) is 10.6 Å². The normalized spacial score (nSPS) is 11.0. The molecule has 3 aromatic carbocycles. The Morgan fingerprint density at radius 3 is 2.14 bits per heavy atom. The minimum Gasteiger partial charge on any atom is -0.322 e. The van der Waals surface area contributed by atoms with Crippen molar-refractivity contribution < 1.29 is 18.0 Å². The molecular weight excluding hydrogens is 388 g/mol. The molecule has 0 aliphatic heterocycles. The molecule has 148 valence electrons. The van der Waals surface area contributed by atoms with Crippen molar-refractivity contribution in [1.29, 1.82) is 0 Å². The van der Waals surface area contributed by atoms with E-state index in [1.807, 2.05) is 25.1 Å². The standard InChI is InChI=1S/C22H20N2O4S/c1-15-6-5-7-17(14-15)23-22(26)19-8-3-4-9-20(19)24-21(25)16-10-12-18(13-11-16)29(2,27)28/h3-14H,1-2H3,(H,23,26)(H,24,25). The Morgan fingerprint density at radius 2 is 1.48 bits per heavy atom. The lowest BCUT2D eigenvalue weighted by Gasteiger charge is -2.12. The molecule has 2 amide bonds. The van der Waals surface area contributed by atoms with Crippen LogP contribution in [0.1, 0.15) is 26.3 Å². The van der Waals surface area contributed by atoms with Crippen LogP contribution in [0.3, 0.4) is 0 Å². The fourth-order valence-electron chi connectivity index (χ4n) is 2.76. The Balaban J connectivity index is 1.80. The fourth-order valence-corrected chi connectivity index (χ4v) is 3.39. The lowest BCUT2D eigenvalue weighted by molar-refractivity contribution is 0.102. The summed E-state index contributed by atoms with van der Waals surface area (Å²) in [4.78, 5) is 25.4. The summed E-state index contributed by atoms with van der Waals surface area (Å²) in [5.41, 5.74) is 2.63. The molecule has 0 unspecified atom stereocenters. The van der Waals surface area contributed by atoms with Crippen LogP contribution in [-0.4, -0.2) is 26.5 Å². The van der Waals surface area contributed by atoms with E-state index in [4.69, 9.17) is 0 Å². The number of hydrogen-bond acceptors (Lipinski definition) is 4. The zero-order chi connectivity index (χ0) is 21.0. The largest absolute Gasteiger partial charge is 0.322 e. The minimum atomic E-state index is -3.34. The molecule has 0 spiro atoms. The maximum atomic E-state index is 12.7. The molecule has 3 aromatic rings. The van der Waals surface area contributed by atoms with Crippen LogP contribution in [0.15, 0.2) is 77.7 Å². The van der Waals surface area contributed by atoms with E-state index in [1.54, 1.807) is 30.3 Å². The second-order valence-electron chi connectivity index (χ2n) is 6.62. The average molecular weight is 408 g/mol. The lowest BCUT2D eigenvalue weighted by Crippen LogP contribution is -2.18. The summed E-state index contributed by atoms with van der Waals surface area (Å²) >= 11 is 0. The van der Waals surface area contributed by atoms with Gasteiger partial charge in [-0.15, -0.1) is 0 Å². The van der Waals surface area contributed by atoms with Crippen LogP contribution in [0.2, 0.25) is 0 Å². The van der Waals surface area contributed by atoms with Crippen molar-refractivity contribution >= 4 is 33.0 Å². The zero-order valence-electron chi connectivity index (χ0n) is 16.0. The Morgan fingerprint density at radius 1 is 0.793 bits per heavy atom. The van der Waals surface area contributed by atoms with Gasteiger partial charge in [0.05, 0.1) is 16.1 Å². The molecule has 0 radical (unpaired) electrons. The van der Waals surface area contributed by atoms with Crippen molar-refractivity contribution in [2.45, 2.75) is 11.8 Å². The van der Waals surface area contributed by atoms with Gasteiger partial charge in [-0.05, 0) is 61.0 Å². The van der Waals surface area contributed by atoms with Crippen molar-refractivity contribution in [1.82, 2.24) is 0 Å². The number of para-hydroxylation sites is 1. The Kier molecular flexibility index (Phi) is 5.79. The van der Waals surface area contributed by atoms with Crippen LogP contribution < -0.4 is 10.6 Å². The number of nitrogens with one attached hydrogen (secondary N) is 2. The summed E-state index contributed by atoms with van der Waals surface area (Å²) in [6.45, 7) is 1.93. The molecule has 2 N–H and O–H groups in total. The van der Waals surface area contributed by atoms with Crippen LogP contribution in [0.5, 0.6) is 0 Å². The molecule has 6 nitrogen and oxygen atoms in total. The highest BCUT2D eigenvalue weighted by Gasteiger charge is 2.15. The van der Waals surface area contributed by atoms with Crippen molar-refractivity contribution in [3.8, 4) is 0 Å². The number of carbonyl (C=O) groups is 2. The lowest BCUT2D eigenvalue weighted by atomic mass is 10.1. The van der Waals surface area contributed by atoms with Gasteiger partial charge in [0.25, 0.3) is 11.8 Å². The number of hydrogen-bond donors (Lipinski definition) is 2. The third kappa shape index (κ3) is 5.08. The van der Waals surface area contributed by atoms with Gasteiger partial charge in [0.1, 0.15) is 0 Å². The molecule has 0 saturated heterocycles. The number of aryl methyl sites for hydroxylation is 1. The van der Waals surface area contributed by atoms with Crippen LogP contribution in [-0.2, 0) is 9.84 Å². The third-order valence-corrected chi connectivity index (χ3v) is 5.37. The highest BCUT2D eigenvalue weighted by molar-refractivity contribution is 7.90. The summed E-state index contributed by atoms with van der Waals surface area (Å²) in [5, 5.41) is 5.53. The number of anilines is 2. The molecule has 0 saturated carbocycles. The topological polar surface area (TPSA) is 92.3 Å². The van der Waals surface area contributed by atoms with Crippen LogP contribution in [0, 0.1) is 6.92 Å². The summed E-state index contributed by atoms with van der Waals surface area (Å²) in [6, 6.07) is 19.7. The van der Waals surface area contributed by atoms with Gasteiger partial charge in [-0.25, -0.2) is 8.42 Å². The van der Waals surface area contributed by atoms with Crippen molar-refractivity contribution in [3.63, 3.8) is 0 Å². The van der Waals surface area contributed by atoms with Gasteiger partial charge in [-0.1, -0.05) is 24.3 Å². The molecule has 29 heavy (non-hydrogen) atoms. The molecule has 0 fully saturated rings. The first-order valence-electron chi connectivity index (χ1n) is 8.82. The first-order chi connectivity index (χ1) is 13.7. The van der Waals surface area contributed by atoms with Crippen molar-refractivity contribution in [2.75, 3.05) is 16.9 Å². The van der Waals surface area contributed by atoms with Gasteiger partial charge in [-0.3, -0.25) is 9.59 Å². The van der Waals surface area contributed by atoms with E-state index < -0.39 is 15.7 Å². The van der Waals surface area contributed by atoms with E-state index in [0.717, 1.165) is 11.8 Å². The second-order valence-corrected chi connectivity index (χ2v) is 8.64. The van der Waals surface area contributed by atoms with E-state index in [-0.39, 0.29) is 16.4 Å². The molecular formula is C22H20N2O4S. The second kappa shape index (κ2) is 8.28. The van der Waals surface area contributed by atoms with Crippen LogP contribution in [0.4, 0.5) is 11.4 Å². The van der Waals surface area contributed by atoms with Crippen molar-refractivity contribution in [3.05, 3.63) is 89.5 Å². The van der Waals surface area contributed by atoms with Crippen LogP contribution >= 0.6 is 0 Å². The monoisotopic (exact) mass is 408 g/mol. The maximum Gasteiger partial charge on any atom is 0.257 e. The maximum absolute atomic E-state index is 12.7. The van der Waals surface area contributed by atoms with Crippen LogP contribution in [0.25, 0.3) is 0 Å². The first-order valence-corrected chi connectivity index (χ1v) is 10.7. The molecule has 0 bridgehead atoms. The Hall–Kier alpha value is -3.45. The number of benzene rings is 3. The summed E-state index contributed by atoms with van der Waals surface area (Å²) in [6.07, 6.45) is 1.10. The summed E-state index contributed by atoms with van der Waals surface area (Å²) in [7, 11) is -3.34. The fraction of sp³-hybridized carbons (Fsp3) is 0.0909. The zero-order valence-corrected chi connectivity index (χ0v) is 16.8. The molecule has 3 rings (SSSR count). The molecule has 0 aliphatic rings. The Bertz CT molecular complexity index is 1170. The third-order valence-electron chi connectivity index (χ3n) is 4.24. The number of sulfone groups is 1. The molecule has 0 heterocycles. The average Bonchev–Trinajstić information content (AvgIpc) is 2.68. The van der Waals surface area contributed by atoms with E-state index in [1.165, 1.54) is 24.3 Å². The summed E-state index contributed by atoms with van der Waals surface area (Å²) < 4.78 is 23.1. The molecule has 7 heteroatoms. The van der Waals surface area contributed by atoms with Crippen molar-refractivity contribution in [2.24, 2.45) is 0 Å². The van der Waals surface area contributed by atoms with E-state index >= 15 is 0 Å². The van der Waals surface area contributed by atoms with Gasteiger partial charge in [0, 0.05) is 17.5 Å². The predicted molar refractivity (Wildman–Crippen MR) is 113 cm³/mol. The van der Waals surface area contributed by atoms with Gasteiger partial charge in [-0.2, -0.15) is 0 Å². The SMILES string of the molecule is Cc1cccc(NC(=O)c2ccccc2NC(=O)c2ccc(S(C)(=O)=O)cc2)c1. The molecule has 0 aromatic heterocycles. The van der Waals surface area contributed by atoms with E-state index in [0.29, 0.717) is 16.9 Å². The van der Waals surface area contributed by atoms with Gasteiger partial charge < -0.3 is 10.6 Å². The quantitative estimate of drug-likeness (QED) is 0.670. The number of carbonyl (C=O) groups excluding carboxylic acids is 2. The highest BCUT2D eigenvalue weighted by Crippen LogP contribution is 2.19. The van der Waals surface area contributed by atoms with Gasteiger partial charge in [0.15, 0.2) is 9.84 Å².